The van der Waals surface area contributed by atoms with Gasteiger partial charge in [0.2, 0.25) is 0 Å². The SMILES string of the molecule is CCCC(CCC)C(NC)C1CCOC2(CCSC2)C1. The van der Waals surface area contributed by atoms with Crippen molar-refractivity contribution in [2.45, 2.75) is 70.4 Å². The Kier molecular flexibility index (Phi) is 6.70. The number of nitrogens with one attached hydrogen (secondary N) is 1. The first kappa shape index (κ1) is 16.6. The lowest BCUT2D eigenvalue weighted by molar-refractivity contribution is -0.0884. The number of ether oxygens (including phenoxy) is 1. The van der Waals surface area contributed by atoms with Crippen LogP contribution in [-0.2, 0) is 4.74 Å². The lowest BCUT2D eigenvalue weighted by atomic mass is 9.75. The maximum atomic E-state index is 6.20. The first-order valence-electron chi connectivity index (χ1n) is 8.63. The average molecular weight is 300 g/mol. The summed E-state index contributed by atoms with van der Waals surface area (Å²) in [5, 5.41) is 3.69. The molecule has 0 amide bonds. The van der Waals surface area contributed by atoms with Crippen LogP contribution in [0.25, 0.3) is 0 Å². The molecule has 0 saturated carbocycles. The largest absolute Gasteiger partial charge is 0.374 e. The summed E-state index contributed by atoms with van der Waals surface area (Å²) in [4.78, 5) is 0. The molecule has 2 aliphatic rings. The van der Waals surface area contributed by atoms with Crippen molar-refractivity contribution in [2.24, 2.45) is 11.8 Å². The van der Waals surface area contributed by atoms with E-state index in [1.165, 1.54) is 56.5 Å². The minimum atomic E-state index is 0.228. The van der Waals surface area contributed by atoms with Gasteiger partial charge in [-0.05, 0) is 56.7 Å². The fourth-order valence-electron chi connectivity index (χ4n) is 4.34. The van der Waals surface area contributed by atoms with Crippen LogP contribution in [0.3, 0.4) is 0 Å². The van der Waals surface area contributed by atoms with Crippen LogP contribution in [0.1, 0.15) is 58.8 Å². The molecule has 0 radical (unpaired) electrons. The van der Waals surface area contributed by atoms with E-state index < -0.39 is 0 Å². The summed E-state index contributed by atoms with van der Waals surface area (Å²) >= 11 is 2.08. The molecule has 3 atom stereocenters. The third-order valence-electron chi connectivity index (χ3n) is 5.27. The molecule has 118 valence electrons. The molecule has 1 N–H and O–H groups in total. The number of hydrogen-bond donors (Lipinski definition) is 1. The predicted molar refractivity (Wildman–Crippen MR) is 89.5 cm³/mol. The molecule has 0 aromatic carbocycles. The van der Waals surface area contributed by atoms with Crippen molar-refractivity contribution in [2.75, 3.05) is 25.2 Å². The van der Waals surface area contributed by atoms with Crippen molar-refractivity contribution in [1.29, 1.82) is 0 Å². The first-order chi connectivity index (χ1) is 9.74. The highest BCUT2D eigenvalue weighted by molar-refractivity contribution is 7.99. The van der Waals surface area contributed by atoms with Crippen LogP contribution in [0.5, 0.6) is 0 Å². The Bertz CT molecular complexity index is 272. The van der Waals surface area contributed by atoms with Gasteiger partial charge in [-0.2, -0.15) is 11.8 Å². The minimum absolute atomic E-state index is 0.228. The molecule has 0 aromatic heterocycles. The van der Waals surface area contributed by atoms with Crippen LogP contribution < -0.4 is 5.32 Å². The molecule has 0 bridgehead atoms. The van der Waals surface area contributed by atoms with Crippen molar-refractivity contribution in [3.8, 4) is 0 Å². The molecule has 0 aliphatic carbocycles. The quantitative estimate of drug-likeness (QED) is 0.765. The molecule has 3 unspecified atom stereocenters. The van der Waals surface area contributed by atoms with Crippen molar-refractivity contribution < 1.29 is 4.74 Å². The summed E-state index contributed by atoms with van der Waals surface area (Å²) in [6, 6.07) is 0.696. The van der Waals surface area contributed by atoms with Crippen LogP contribution in [0.15, 0.2) is 0 Å². The second-order valence-corrected chi connectivity index (χ2v) is 7.84. The zero-order valence-electron chi connectivity index (χ0n) is 13.6. The van der Waals surface area contributed by atoms with Gasteiger partial charge in [-0.3, -0.25) is 0 Å². The van der Waals surface area contributed by atoms with E-state index in [0.29, 0.717) is 6.04 Å². The van der Waals surface area contributed by atoms with Gasteiger partial charge in [-0.25, -0.2) is 0 Å². The van der Waals surface area contributed by atoms with Crippen LogP contribution in [0.2, 0.25) is 0 Å². The van der Waals surface area contributed by atoms with Gasteiger partial charge in [-0.15, -0.1) is 0 Å². The Morgan fingerprint density at radius 3 is 2.60 bits per heavy atom. The Balaban J connectivity index is 2.01. The van der Waals surface area contributed by atoms with Crippen LogP contribution in [-0.4, -0.2) is 36.8 Å². The van der Waals surface area contributed by atoms with E-state index in [4.69, 9.17) is 4.74 Å². The van der Waals surface area contributed by atoms with Crippen LogP contribution >= 0.6 is 11.8 Å². The third-order valence-corrected chi connectivity index (χ3v) is 6.49. The highest BCUT2D eigenvalue weighted by atomic mass is 32.2. The van der Waals surface area contributed by atoms with E-state index in [-0.39, 0.29) is 5.60 Å². The average Bonchev–Trinajstić information content (AvgIpc) is 2.88. The summed E-state index contributed by atoms with van der Waals surface area (Å²) in [5.74, 6) is 4.19. The Morgan fingerprint density at radius 1 is 1.30 bits per heavy atom. The zero-order valence-corrected chi connectivity index (χ0v) is 14.4. The van der Waals surface area contributed by atoms with Gasteiger partial charge in [0.05, 0.1) is 5.60 Å². The fraction of sp³-hybridized carbons (Fsp3) is 1.00. The summed E-state index contributed by atoms with van der Waals surface area (Å²) in [6.45, 7) is 5.64. The van der Waals surface area contributed by atoms with Gasteiger partial charge in [0.15, 0.2) is 0 Å². The number of rotatable bonds is 7. The van der Waals surface area contributed by atoms with Crippen molar-refractivity contribution in [3.05, 3.63) is 0 Å². The van der Waals surface area contributed by atoms with Gasteiger partial charge >= 0.3 is 0 Å². The standard InChI is InChI=1S/C17H33NOS/c1-4-6-14(7-5-2)16(18-3)15-8-10-19-17(12-15)9-11-20-13-17/h14-16,18H,4-13H2,1-3H3. The van der Waals surface area contributed by atoms with Gasteiger partial charge in [0.25, 0.3) is 0 Å². The molecule has 2 saturated heterocycles. The monoisotopic (exact) mass is 299 g/mol. The lowest BCUT2D eigenvalue weighted by Crippen LogP contribution is -2.49. The molecule has 3 heteroatoms. The van der Waals surface area contributed by atoms with Crippen LogP contribution in [0.4, 0.5) is 0 Å². The van der Waals surface area contributed by atoms with E-state index in [1.807, 2.05) is 0 Å². The second-order valence-electron chi connectivity index (χ2n) is 6.74. The van der Waals surface area contributed by atoms with E-state index in [1.54, 1.807) is 0 Å². The fourth-order valence-corrected chi connectivity index (χ4v) is 5.72. The van der Waals surface area contributed by atoms with E-state index in [9.17, 15) is 0 Å². The molecular formula is C17H33NOS. The molecule has 2 nitrogen and oxygen atoms in total. The molecular weight excluding hydrogens is 266 g/mol. The maximum Gasteiger partial charge on any atom is 0.0783 e. The maximum absolute atomic E-state index is 6.20. The van der Waals surface area contributed by atoms with Crippen LogP contribution in [0, 0.1) is 11.8 Å². The summed E-state index contributed by atoms with van der Waals surface area (Å²) in [6.07, 6.45) is 9.19. The Labute approximate surface area is 129 Å². The summed E-state index contributed by atoms with van der Waals surface area (Å²) in [7, 11) is 2.18. The lowest BCUT2D eigenvalue weighted by Gasteiger charge is -2.43. The predicted octanol–water partition coefficient (Wildman–Crippen LogP) is 4.09. The van der Waals surface area contributed by atoms with Crippen molar-refractivity contribution in [1.82, 2.24) is 5.32 Å². The molecule has 1 spiro atoms. The van der Waals surface area contributed by atoms with E-state index in [0.717, 1.165) is 18.4 Å². The smallest absolute Gasteiger partial charge is 0.0783 e. The van der Waals surface area contributed by atoms with Gasteiger partial charge in [0.1, 0.15) is 0 Å². The minimum Gasteiger partial charge on any atom is -0.374 e. The molecule has 0 aromatic rings. The topological polar surface area (TPSA) is 21.3 Å². The molecule has 2 heterocycles. The highest BCUT2D eigenvalue weighted by Gasteiger charge is 2.43. The van der Waals surface area contributed by atoms with Crippen molar-refractivity contribution >= 4 is 11.8 Å². The summed E-state index contributed by atoms with van der Waals surface area (Å²) < 4.78 is 6.20. The highest BCUT2D eigenvalue weighted by Crippen LogP contribution is 2.42. The second kappa shape index (κ2) is 8.05. The van der Waals surface area contributed by atoms with E-state index in [2.05, 4.69) is 38.0 Å². The molecule has 2 aliphatic heterocycles. The normalized spacial score (nSPS) is 32.1. The van der Waals surface area contributed by atoms with Crippen molar-refractivity contribution in [3.63, 3.8) is 0 Å². The van der Waals surface area contributed by atoms with Gasteiger partial charge < -0.3 is 10.1 Å². The molecule has 20 heavy (non-hydrogen) atoms. The number of thioether (sulfide) groups is 1. The first-order valence-corrected chi connectivity index (χ1v) is 9.79. The Morgan fingerprint density at radius 2 is 2.05 bits per heavy atom. The zero-order chi connectivity index (χ0) is 14.4. The molecule has 2 fully saturated rings. The third kappa shape index (κ3) is 3.92. The summed E-state index contributed by atoms with van der Waals surface area (Å²) in [5.41, 5.74) is 0.228. The van der Waals surface area contributed by atoms with Gasteiger partial charge in [-0.1, -0.05) is 26.7 Å². The number of hydrogen-bond acceptors (Lipinski definition) is 3. The van der Waals surface area contributed by atoms with Gasteiger partial charge in [0, 0.05) is 18.4 Å². The van der Waals surface area contributed by atoms with E-state index >= 15 is 0 Å². The molecule has 2 rings (SSSR count). The Hall–Kier alpha value is 0.270.